The molecule has 1 saturated carbocycles. The number of rotatable bonds is 8. The van der Waals surface area contributed by atoms with Crippen molar-refractivity contribution >= 4 is 0 Å². The molecule has 0 atom stereocenters. The van der Waals surface area contributed by atoms with Gasteiger partial charge in [0.2, 0.25) is 0 Å². The summed E-state index contributed by atoms with van der Waals surface area (Å²) in [5, 5.41) is 0. The number of hydrogen-bond donors (Lipinski definition) is 1. The van der Waals surface area contributed by atoms with E-state index in [2.05, 4.69) is 79.8 Å². The van der Waals surface area contributed by atoms with E-state index in [1.54, 1.807) is 5.56 Å². The van der Waals surface area contributed by atoms with Gasteiger partial charge >= 0.3 is 0 Å². The van der Waals surface area contributed by atoms with Gasteiger partial charge in [-0.25, -0.2) is 0 Å². The van der Waals surface area contributed by atoms with Crippen molar-refractivity contribution in [2.24, 2.45) is 11.1 Å². The summed E-state index contributed by atoms with van der Waals surface area (Å²) in [4.78, 5) is 0. The summed E-state index contributed by atoms with van der Waals surface area (Å²) >= 11 is 0. The largest absolute Gasteiger partial charge is 0.330 e. The van der Waals surface area contributed by atoms with Crippen molar-refractivity contribution in [2.45, 2.75) is 126 Å². The number of nitrogens with two attached hydrogens (primary N) is 1. The fourth-order valence-electron chi connectivity index (χ4n) is 3.89. The average Bonchev–Trinajstić information content (AvgIpc) is 3.31. The van der Waals surface area contributed by atoms with Crippen LogP contribution in [0.2, 0.25) is 0 Å². The Balaban J connectivity index is 0. The van der Waals surface area contributed by atoms with Crippen LogP contribution in [0.25, 0.3) is 0 Å². The topological polar surface area (TPSA) is 26.0 Å². The van der Waals surface area contributed by atoms with Crippen molar-refractivity contribution in [3.63, 3.8) is 0 Å². The van der Waals surface area contributed by atoms with Crippen molar-refractivity contribution in [1.29, 1.82) is 0 Å². The van der Waals surface area contributed by atoms with Crippen LogP contribution in [0.1, 0.15) is 128 Å². The molecule has 0 aromatic heterocycles. The Kier molecular flexibility index (Phi) is 20.8. The molecule has 1 aromatic carbocycles. The zero-order valence-electron chi connectivity index (χ0n) is 23.2. The standard InChI is InChI=1S/C13H18.C9H20.C6H10.C3H9N/c1-10-7-8-11(2)13(9-10)12-5-3-4-6-12;1-5-8-9(4,6-2)7-3;1-4-5-6(2)3;1-2-3-4/h7-9,12H,3-6H2,1-2H3;5-8H2,1-4H3;4H,1-2,5H2,3H3;2-4H2,1H3. The van der Waals surface area contributed by atoms with Gasteiger partial charge in [-0.3, -0.25) is 0 Å². The van der Waals surface area contributed by atoms with Gasteiger partial charge in [0.1, 0.15) is 0 Å². The minimum absolute atomic E-state index is 0.634. The van der Waals surface area contributed by atoms with Gasteiger partial charge in [-0.2, -0.15) is 0 Å². The van der Waals surface area contributed by atoms with Crippen LogP contribution in [-0.2, 0) is 0 Å². The number of benzene rings is 1. The maximum atomic E-state index is 5.03. The first-order valence-corrected chi connectivity index (χ1v) is 13.2. The molecule has 0 amide bonds. The first-order chi connectivity index (χ1) is 15.1. The summed E-state index contributed by atoms with van der Waals surface area (Å²) in [6.07, 6.45) is 14.9. The van der Waals surface area contributed by atoms with E-state index in [0.29, 0.717) is 5.41 Å². The molecule has 1 nitrogen and oxygen atoms in total. The highest BCUT2D eigenvalue weighted by Crippen LogP contribution is 2.35. The lowest BCUT2D eigenvalue weighted by Crippen LogP contribution is -2.12. The molecule has 0 aliphatic heterocycles. The summed E-state index contributed by atoms with van der Waals surface area (Å²) in [5.74, 6) is 0.861. The normalized spacial score (nSPS) is 13.0. The minimum Gasteiger partial charge on any atom is -0.330 e. The van der Waals surface area contributed by atoms with Gasteiger partial charge in [-0.15, -0.1) is 6.58 Å². The maximum absolute atomic E-state index is 5.03. The molecule has 2 rings (SSSR count). The molecule has 186 valence electrons. The van der Waals surface area contributed by atoms with Crippen LogP contribution in [0.5, 0.6) is 0 Å². The molecule has 1 aliphatic rings. The number of aryl methyl sites for hydroxylation is 2. The zero-order chi connectivity index (χ0) is 25.0. The lowest BCUT2D eigenvalue weighted by atomic mass is 9.81. The fourth-order valence-corrected chi connectivity index (χ4v) is 3.89. The molecule has 1 aliphatic carbocycles. The van der Waals surface area contributed by atoms with Crippen molar-refractivity contribution in [2.75, 3.05) is 6.54 Å². The van der Waals surface area contributed by atoms with Gasteiger partial charge in [0.15, 0.2) is 0 Å². The monoisotopic (exact) mass is 443 g/mol. The first-order valence-electron chi connectivity index (χ1n) is 13.2. The van der Waals surface area contributed by atoms with Gasteiger partial charge < -0.3 is 5.73 Å². The third kappa shape index (κ3) is 16.3. The van der Waals surface area contributed by atoms with Crippen molar-refractivity contribution in [1.82, 2.24) is 0 Å². The van der Waals surface area contributed by atoms with Gasteiger partial charge in [-0.1, -0.05) is 109 Å². The molecule has 0 heterocycles. The molecule has 2 N–H and O–H groups in total. The van der Waals surface area contributed by atoms with Gasteiger partial charge in [-0.05, 0) is 81.9 Å². The second-order valence-corrected chi connectivity index (χ2v) is 9.85. The minimum atomic E-state index is 0.634. The summed E-state index contributed by atoms with van der Waals surface area (Å²) < 4.78 is 0. The SMILES string of the molecule is C=CCC(=C)C.CCCC(C)(CC)CC.CCCN.Cc1ccc(C)c(C2CCCC2)c1. The van der Waals surface area contributed by atoms with Crippen molar-refractivity contribution in [3.8, 4) is 0 Å². The Bertz CT molecular complexity index is 586. The van der Waals surface area contributed by atoms with Crippen molar-refractivity contribution < 1.29 is 0 Å². The van der Waals surface area contributed by atoms with Gasteiger partial charge in [0.25, 0.3) is 0 Å². The highest BCUT2D eigenvalue weighted by molar-refractivity contribution is 5.33. The summed E-state index contributed by atoms with van der Waals surface area (Å²) in [5.41, 5.74) is 11.3. The lowest BCUT2D eigenvalue weighted by molar-refractivity contribution is 0.270. The first kappa shape index (κ1) is 32.8. The summed E-state index contributed by atoms with van der Waals surface area (Å²) in [6.45, 7) is 25.7. The van der Waals surface area contributed by atoms with E-state index in [4.69, 9.17) is 5.73 Å². The van der Waals surface area contributed by atoms with E-state index in [-0.39, 0.29) is 0 Å². The quantitative estimate of drug-likeness (QED) is 0.397. The van der Waals surface area contributed by atoms with Crippen LogP contribution in [0.4, 0.5) is 0 Å². The average molecular weight is 444 g/mol. The Hall–Kier alpha value is -1.34. The molecule has 0 radical (unpaired) electrons. The van der Waals surface area contributed by atoms with E-state index in [9.17, 15) is 0 Å². The fraction of sp³-hybridized carbons (Fsp3) is 0.677. The van der Waals surface area contributed by atoms with Gasteiger partial charge in [0.05, 0.1) is 0 Å². The molecule has 0 bridgehead atoms. The van der Waals surface area contributed by atoms with Crippen LogP contribution < -0.4 is 5.73 Å². The highest BCUT2D eigenvalue weighted by atomic mass is 14.5. The van der Waals surface area contributed by atoms with Crippen LogP contribution in [0, 0.1) is 19.3 Å². The third-order valence-electron chi connectivity index (χ3n) is 6.57. The van der Waals surface area contributed by atoms with E-state index < -0.39 is 0 Å². The maximum Gasteiger partial charge on any atom is -0.00799 e. The Labute approximate surface area is 203 Å². The smallest absolute Gasteiger partial charge is 0.00799 e. The Morgan fingerprint density at radius 2 is 1.59 bits per heavy atom. The molecule has 32 heavy (non-hydrogen) atoms. The van der Waals surface area contributed by atoms with Gasteiger partial charge in [0, 0.05) is 0 Å². The second-order valence-electron chi connectivity index (χ2n) is 9.85. The number of allylic oxidation sites excluding steroid dienone is 2. The third-order valence-corrected chi connectivity index (χ3v) is 6.57. The van der Waals surface area contributed by atoms with Crippen LogP contribution in [0.3, 0.4) is 0 Å². The number of hydrogen-bond acceptors (Lipinski definition) is 1. The molecule has 1 aromatic rings. The molecule has 0 unspecified atom stereocenters. The Morgan fingerprint density at radius 1 is 1.06 bits per heavy atom. The summed E-state index contributed by atoms with van der Waals surface area (Å²) in [7, 11) is 0. The molecule has 0 spiro atoms. The second kappa shape index (κ2) is 20.3. The molecular formula is C31H57N. The van der Waals surface area contributed by atoms with E-state index in [0.717, 1.165) is 25.3 Å². The Morgan fingerprint density at radius 3 is 1.91 bits per heavy atom. The summed E-state index contributed by atoms with van der Waals surface area (Å²) in [6, 6.07) is 6.86. The lowest BCUT2D eigenvalue weighted by Gasteiger charge is -2.25. The predicted octanol–water partition coefficient (Wildman–Crippen LogP) is 10.1. The van der Waals surface area contributed by atoms with Crippen LogP contribution in [-0.4, -0.2) is 6.54 Å². The van der Waals surface area contributed by atoms with Crippen LogP contribution >= 0.6 is 0 Å². The van der Waals surface area contributed by atoms with Crippen LogP contribution in [0.15, 0.2) is 43.0 Å². The van der Waals surface area contributed by atoms with E-state index >= 15 is 0 Å². The highest BCUT2D eigenvalue weighted by Gasteiger charge is 2.18. The van der Waals surface area contributed by atoms with E-state index in [1.165, 1.54) is 68.1 Å². The molecule has 1 fully saturated rings. The molecule has 0 saturated heterocycles. The molecular weight excluding hydrogens is 386 g/mol. The molecule has 1 heteroatoms. The zero-order valence-corrected chi connectivity index (χ0v) is 23.2. The van der Waals surface area contributed by atoms with Crippen molar-refractivity contribution in [3.05, 3.63) is 59.7 Å². The van der Waals surface area contributed by atoms with E-state index in [1.807, 2.05) is 13.0 Å². The predicted molar refractivity (Wildman–Crippen MR) is 150 cm³/mol.